The minimum absolute atomic E-state index is 0.570. The third kappa shape index (κ3) is 4.33. The van der Waals surface area contributed by atoms with Crippen molar-refractivity contribution in [2.45, 2.75) is 20.1 Å². The van der Waals surface area contributed by atoms with E-state index in [4.69, 9.17) is 4.74 Å². The van der Waals surface area contributed by atoms with E-state index in [0.29, 0.717) is 13.2 Å². The van der Waals surface area contributed by atoms with E-state index in [9.17, 15) is 0 Å². The molecule has 0 aliphatic carbocycles. The second-order valence-corrected chi connectivity index (χ2v) is 5.02. The Morgan fingerprint density at radius 1 is 1.16 bits per heavy atom. The number of anilines is 1. The first-order valence-electron chi connectivity index (χ1n) is 6.29. The standard InChI is InChI=1S/C15H17BrN2O/c1-2-17-15-8-7-12(9-18-15)10-19-11-13-5-3-4-6-14(13)16/h3-9H,2,10-11H2,1H3,(H,17,18). The molecule has 0 spiro atoms. The topological polar surface area (TPSA) is 34.1 Å². The Balaban J connectivity index is 1.84. The molecule has 100 valence electrons. The normalized spacial score (nSPS) is 10.4. The van der Waals surface area contributed by atoms with Gasteiger partial charge in [-0.15, -0.1) is 0 Å². The Bertz CT molecular complexity index is 514. The Labute approximate surface area is 122 Å². The fraction of sp³-hybridized carbons (Fsp3) is 0.267. The summed E-state index contributed by atoms with van der Waals surface area (Å²) in [5, 5.41) is 3.17. The van der Waals surface area contributed by atoms with E-state index in [0.717, 1.165) is 28.0 Å². The molecule has 0 atom stereocenters. The summed E-state index contributed by atoms with van der Waals surface area (Å²) >= 11 is 3.51. The number of benzene rings is 1. The van der Waals surface area contributed by atoms with Crippen LogP contribution in [0.4, 0.5) is 5.82 Å². The zero-order valence-electron chi connectivity index (χ0n) is 10.9. The molecule has 0 amide bonds. The van der Waals surface area contributed by atoms with E-state index in [1.165, 1.54) is 0 Å². The quantitative estimate of drug-likeness (QED) is 0.873. The van der Waals surface area contributed by atoms with Crippen molar-refractivity contribution >= 4 is 21.7 Å². The van der Waals surface area contributed by atoms with Crippen LogP contribution in [0.5, 0.6) is 0 Å². The van der Waals surface area contributed by atoms with Crippen LogP contribution in [0, 0.1) is 0 Å². The predicted molar refractivity (Wildman–Crippen MR) is 81.0 cm³/mol. The number of pyridine rings is 1. The van der Waals surface area contributed by atoms with Gasteiger partial charge in [-0.2, -0.15) is 0 Å². The van der Waals surface area contributed by atoms with E-state index >= 15 is 0 Å². The van der Waals surface area contributed by atoms with Crippen molar-refractivity contribution in [1.29, 1.82) is 0 Å². The summed E-state index contributed by atoms with van der Waals surface area (Å²) < 4.78 is 6.78. The maximum atomic E-state index is 5.70. The molecule has 0 bridgehead atoms. The Hall–Kier alpha value is -1.39. The molecular formula is C15H17BrN2O. The van der Waals surface area contributed by atoms with Gasteiger partial charge in [-0.25, -0.2) is 4.98 Å². The van der Waals surface area contributed by atoms with Crippen LogP contribution in [-0.4, -0.2) is 11.5 Å². The number of ether oxygens (including phenoxy) is 1. The van der Waals surface area contributed by atoms with Crippen LogP contribution in [0.25, 0.3) is 0 Å². The summed E-state index contributed by atoms with van der Waals surface area (Å²) in [5.74, 6) is 0.900. The second-order valence-electron chi connectivity index (χ2n) is 4.17. The molecule has 1 aromatic heterocycles. The number of aromatic nitrogens is 1. The first-order valence-corrected chi connectivity index (χ1v) is 7.09. The maximum absolute atomic E-state index is 5.70. The van der Waals surface area contributed by atoms with Crippen molar-refractivity contribution in [3.05, 3.63) is 58.2 Å². The highest BCUT2D eigenvalue weighted by Crippen LogP contribution is 2.17. The van der Waals surface area contributed by atoms with Gasteiger partial charge in [0.25, 0.3) is 0 Å². The lowest BCUT2D eigenvalue weighted by Gasteiger charge is -2.07. The third-order valence-corrected chi connectivity index (χ3v) is 3.44. The van der Waals surface area contributed by atoms with Crippen LogP contribution in [0.3, 0.4) is 0 Å². The van der Waals surface area contributed by atoms with Gasteiger partial charge in [-0.1, -0.05) is 40.2 Å². The molecule has 1 N–H and O–H groups in total. The lowest BCUT2D eigenvalue weighted by molar-refractivity contribution is 0.106. The van der Waals surface area contributed by atoms with Crippen LogP contribution < -0.4 is 5.32 Å². The smallest absolute Gasteiger partial charge is 0.125 e. The molecule has 3 nitrogen and oxygen atoms in total. The van der Waals surface area contributed by atoms with Crippen molar-refractivity contribution in [1.82, 2.24) is 4.98 Å². The number of nitrogens with one attached hydrogen (secondary N) is 1. The Morgan fingerprint density at radius 2 is 2.00 bits per heavy atom. The summed E-state index contributed by atoms with van der Waals surface area (Å²) in [7, 11) is 0. The van der Waals surface area contributed by atoms with E-state index < -0.39 is 0 Å². The predicted octanol–water partition coefficient (Wildman–Crippen LogP) is 3.99. The largest absolute Gasteiger partial charge is 0.372 e. The number of nitrogens with zero attached hydrogens (tertiary/aromatic N) is 1. The highest BCUT2D eigenvalue weighted by Gasteiger charge is 2.00. The van der Waals surface area contributed by atoms with Gasteiger partial charge in [-0.05, 0) is 30.2 Å². The van der Waals surface area contributed by atoms with Gasteiger partial charge in [0, 0.05) is 17.2 Å². The summed E-state index contributed by atoms with van der Waals surface area (Å²) in [6.45, 7) is 4.10. The van der Waals surface area contributed by atoms with Gasteiger partial charge in [0.05, 0.1) is 13.2 Å². The minimum atomic E-state index is 0.570. The molecule has 0 fully saturated rings. The molecular weight excluding hydrogens is 304 g/mol. The van der Waals surface area contributed by atoms with Gasteiger partial charge >= 0.3 is 0 Å². The SMILES string of the molecule is CCNc1ccc(COCc2ccccc2Br)cn1. The van der Waals surface area contributed by atoms with Crippen molar-refractivity contribution in [2.24, 2.45) is 0 Å². The molecule has 0 saturated carbocycles. The number of halogens is 1. The molecule has 1 heterocycles. The summed E-state index contributed by atoms with van der Waals surface area (Å²) in [6, 6.07) is 12.1. The molecule has 1 aromatic carbocycles. The van der Waals surface area contributed by atoms with Crippen LogP contribution in [0.2, 0.25) is 0 Å². The van der Waals surface area contributed by atoms with Gasteiger partial charge < -0.3 is 10.1 Å². The van der Waals surface area contributed by atoms with Crippen molar-refractivity contribution < 1.29 is 4.74 Å². The number of hydrogen-bond acceptors (Lipinski definition) is 3. The Morgan fingerprint density at radius 3 is 2.68 bits per heavy atom. The van der Waals surface area contributed by atoms with Crippen LogP contribution >= 0.6 is 15.9 Å². The van der Waals surface area contributed by atoms with Crippen molar-refractivity contribution in [3.8, 4) is 0 Å². The van der Waals surface area contributed by atoms with Gasteiger partial charge in [0.1, 0.15) is 5.82 Å². The van der Waals surface area contributed by atoms with E-state index in [2.05, 4.69) is 39.2 Å². The molecule has 2 rings (SSSR count). The van der Waals surface area contributed by atoms with Crippen molar-refractivity contribution in [3.63, 3.8) is 0 Å². The lowest BCUT2D eigenvalue weighted by atomic mass is 10.2. The number of rotatable bonds is 6. The first-order chi connectivity index (χ1) is 9.29. The molecule has 0 unspecified atom stereocenters. The van der Waals surface area contributed by atoms with Crippen LogP contribution in [0.15, 0.2) is 47.1 Å². The highest BCUT2D eigenvalue weighted by atomic mass is 79.9. The van der Waals surface area contributed by atoms with Gasteiger partial charge in [0.2, 0.25) is 0 Å². The number of hydrogen-bond donors (Lipinski definition) is 1. The van der Waals surface area contributed by atoms with E-state index in [1.807, 2.05) is 36.5 Å². The first kappa shape index (κ1) is 14.0. The second kappa shape index (κ2) is 7.26. The molecule has 19 heavy (non-hydrogen) atoms. The zero-order chi connectivity index (χ0) is 13.5. The Kier molecular flexibility index (Phi) is 5.36. The fourth-order valence-electron chi connectivity index (χ4n) is 1.69. The molecule has 0 radical (unpaired) electrons. The maximum Gasteiger partial charge on any atom is 0.125 e. The minimum Gasteiger partial charge on any atom is -0.372 e. The summed E-state index contributed by atoms with van der Waals surface area (Å²) in [6.07, 6.45) is 1.85. The van der Waals surface area contributed by atoms with E-state index in [-0.39, 0.29) is 0 Å². The van der Waals surface area contributed by atoms with Gasteiger partial charge in [-0.3, -0.25) is 0 Å². The fourth-order valence-corrected chi connectivity index (χ4v) is 2.09. The molecule has 4 heteroatoms. The lowest BCUT2D eigenvalue weighted by Crippen LogP contribution is -2.00. The molecule has 0 aliphatic heterocycles. The molecule has 0 aliphatic rings. The zero-order valence-corrected chi connectivity index (χ0v) is 12.5. The molecule has 2 aromatic rings. The average molecular weight is 321 g/mol. The summed E-state index contributed by atoms with van der Waals surface area (Å²) in [5.41, 5.74) is 2.23. The van der Waals surface area contributed by atoms with Gasteiger partial charge in [0.15, 0.2) is 0 Å². The van der Waals surface area contributed by atoms with Crippen LogP contribution in [-0.2, 0) is 18.0 Å². The van der Waals surface area contributed by atoms with E-state index in [1.54, 1.807) is 0 Å². The highest BCUT2D eigenvalue weighted by molar-refractivity contribution is 9.10. The van der Waals surface area contributed by atoms with Crippen LogP contribution in [0.1, 0.15) is 18.1 Å². The molecule has 0 saturated heterocycles. The van der Waals surface area contributed by atoms with Crippen molar-refractivity contribution in [2.75, 3.05) is 11.9 Å². The summed E-state index contributed by atoms with van der Waals surface area (Å²) in [4.78, 5) is 4.31. The average Bonchev–Trinajstić information content (AvgIpc) is 2.43. The monoisotopic (exact) mass is 320 g/mol. The third-order valence-electron chi connectivity index (χ3n) is 2.67.